The lowest BCUT2D eigenvalue weighted by molar-refractivity contribution is -0.116. The molecule has 11 heteroatoms. The van der Waals surface area contributed by atoms with E-state index in [4.69, 9.17) is 9.47 Å². The second-order valence-electron chi connectivity index (χ2n) is 8.06. The summed E-state index contributed by atoms with van der Waals surface area (Å²) in [7, 11) is -3.78. The van der Waals surface area contributed by atoms with Gasteiger partial charge in [0.25, 0.3) is 5.56 Å². The van der Waals surface area contributed by atoms with Gasteiger partial charge in [0, 0.05) is 13.1 Å². The molecule has 1 aliphatic rings. The van der Waals surface area contributed by atoms with E-state index >= 15 is 0 Å². The van der Waals surface area contributed by atoms with E-state index in [1.54, 1.807) is 24.3 Å². The van der Waals surface area contributed by atoms with Crippen LogP contribution in [-0.4, -0.2) is 60.6 Å². The molecule has 0 bridgehead atoms. The lowest BCUT2D eigenvalue weighted by Gasteiger charge is -2.26. The van der Waals surface area contributed by atoms with Crippen molar-refractivity contribution in [2.45, 2.75) is 31.4 Å². The van der Waals surface area contributed by atoms with Gasteiger partial charge in [0.05, 0.1) is 47.1 Å². The van der Waals surface area contributed by atoms with Crippen LogP contribution >= 0.6 is 0 Å². The van der Waals surface area contributed by atoms with Crippen molar-refractivity contribution in [3.05, 3.63) is 59.0 Å². The topological polar surface area (TPSA) is 120 Å². The van der Waals surface area contributed by atoms with E-state index in [-0.39, 0.29) is 36.3 Å². The van der Waals surface area contributed by atoms with E-state index in [1.165, 1.54) is 33.3 Å². The molecule has 0 radical (unpaired) electrons. The number of hydrogen-bond donors (Lipinski definition) is 1. The molecule has 34 heavy (non-hydrogen) atoms. The van der Waals surface area contributed by atoms with Crippen LogP contribution in [0.3, 0.4) is 0 Å². The molecule has 0 spiro atoms. The van der Waals surface area contributed by atoms with Crippen LogP contribution in [0.1, 0.15) is 13.8 Å². The quantitative estimate of drug-likeness (QED) is 0.541. The average Bonchev–Trinajstić information content (AvgIpc) is 2.82. The van der Waals surface area contributed by atoms with Gasteiger partial charge in [0.2, 0.25) is 15.9 Å². The average molecular weight is 487 g/mol. The number of aromatic nitrogens is 2. The van der Waals surface area contributed by atoms with Crippen molar-refractivity contribution in [1.82, 2.24) is 13.9 Å². The smallest absolute Gasteiger partial charge is 0.269 e. The normalized spacial score (nSPS) is 14.9. The van der Waals surface area contributed by atoms with Crippen LogP contribution in [0.2, 0.25) is 0 Å². The van der Waals surface area contributed by atoms with E-state index < -0.39 is 21.5 Å². The summed E-state index contributed by atoms with van der Waals surface area (Å²) in [6.07, 6.45) is 0.961. The summed E-state index contributed by atoms with van der Waals surface area (Å²) in [5.74, 6) is -0.177. The lowest BCUT2D eigenvalue weighted by Crippen LogP contribution is -2.40. The Balaban J connectivity index is 1.65. The zero-order valence-electron chi connectivity index (χ0n) is 18.9. The van der Waals surface area contributed by atoms with Crippen LogP contribution in [0.5, 0.6) is 5.75 Å². The van der Waals surface area contributed by atoms with Crippen molar-refractivity contribution < 1.29 is 22.7 Å². The molecule has 1 fully saturated rings. The molecule has 1 aromatic heterocycles. The Morgan fingerprint density at radius 1 is 1.18 bits per heavy atom. The van der Waals surface area contributed by atoms with E-state index in [1.807, 2.05) is 13.8 Å². The highest BCUT2D eigenvalue weighted by Gasteiger charge is 2.27. The monoisotopic (exact) mass is 486 g/mol. The summed E-state index contributed by atoms with van der Waals surface area (Å²) in [5, 5.41) is 2.72. The predicted molar refractivity (Wildman–Crippen MR) is 126 cm³/mol. The Morgan fingerprint density at radius 3 is 2.65 bits per heavy atom. The van der Waals surface area contributed by atoms with Gasteiger partial charge in [0.1, 0.15) is 12.3 Å². The molecule has 1 saturated heterocycles. The van der Waals surface area contributed by atoms with E-state index in [0.29, 0.717) is 30.0 Å². The molecule has 2 heterocycles. The minimum absolute atomic E-state index is 0.0346. The molecule has 10 nitrogen and oxygen atoms in total. The number of morpholine rings is 1. The molecular weight excluding hydrogens is 460 g/mol. The van der Waals surface area contributed by atoms with Crippen LogP contribution in [0.15, 0.2) is 58.4 Å². The van der Waals surface area contributed by atoms with Crippen LogP contribution in [-0.2, 0) is 26.1 Å². The maximum atomic E-state index is 13.1. The third-order valence-corrected chi connectivity index (χ3v) is 7.14. The van der Waals surface area contributed by atoms with E-state index in [2.05, 4.69) is 10.3 Å². The van der Waals surface area contributed by atoms with Gasteiger partial charge in [-0.2, -0.15) is 4.31 Å². The lowest BCUT2D eigenvalue weighted by atomic mass is 10.2. The zero-order valence-corrected chi connectivity index (χ0v) is 19.7. The number of carbonyl (C=O) groups is 1. The summed E-state index contributed by atoms with van der Waals surface area (Å²) in [4.78, 5) is 29.5. The minimum atomic E-state index is -3.78. The maximum Gasteiger partial charge on any atom is 0.269 e. The van der Waals surface area contributed by atoms with Gasteiger partial charge >= 0.3 is 0 Å². The number of ether oxygens (including phenoxy) is 2. The van der Waals surface area contributed by atoms with Gasteiger partial charge in [-0.15, -0.1) is 0 Å². The number of carbonyl (C=O) groups excluding carboxylic acids is 1. The number of rotatable bonds is 7. The molecule has 180 valence electrons. The van der Waals surface area contributed by atoms with Crippen molar-refractivity contribution in [3.8, 4) is 5.75 Å². The molecule has 4 rings (SSSR count). The van der Waals surface area contributed by atoms with Crippen molar-refractivity contribution >= 4 is 32.7 Å². The second-order valence-corrected chi connectivity index (χ2v) is 10.00. The number of nitrogens with zero attached hydrogens (tertiary/aromatic N) is 3. The van der Waals surface area contributed by atoms with Crippen molar-refractivity contribution in [2.24, 2.45) is 0 Å². The molecule has 1 aliphatic heterocycles. The Labute approximate surface area is 197 Å². The number of fused-ring (bicyclic) bond motifs is 1. The first-order chi connectivity index (χ1) is 16.3. The summed E-state index contributed by atoms with van der Waals surface area (Å²) in [5.41, 5.74) is 0.889. The molecule has 0 aliphatic carbocycles. The molecule has 1 amide bonds. The second kappa shape index (κ2) is 9.92. The number of amides is 1. The Kier molecular flexibility index (Phi) is 6.96. The van der Waals surface area contributed by atoms with Crippen LogP contribution < -0.4 is 15.6 Å². The molecule has 0 atom stereocenters. The van der Waals surface area contributed by atoms with E-state index in [0.717, 1.165) is 0 Å². The first kappa shape index (κ1) is 23.9. The Bertz CT molecular complexity index is 1360. The third-order valence-electron chi connectivity index (χ3n) is 5.25. The van der Waals surface area contributed by atoms with Gasteiger partial charge in [-0.1, -0.05) is 12.1 Å². The number of nitrogens with one attached hydrogen (secondary N) is 1. The van der Waals surface area contributed by atoms with Crippen molar-refractivity contribution in [3.63, 3.8) is 0 Å². The van der Waals surface area contributed by atoms with Crippen molar-refractivity contribution in [1.29, 1.82) is 0 Å². The summed E-state index contributed by atoms with van der Waals surface area (Å²) < 4.78 is 39.9. The van der Waals surface area contributed by atoms with Crippen LogP contribution in [0, 0.1) is 0 Å². The van der Waals surface area contributed by atoms with Gasteiger partial charge in [0.15, 0.2) is 0 Å². The minimum Gasteiger partial charge on any atom is -0.489 e. The predicted octanol–water partition coefficient (Wildman–Crippen LogP) is 1.84. The largest absolute Gasteiger partial charge is 0.489 e. The van der Waals surface area contributed by atoms with Crippen molar-refractivity contribution in [2.75, 3.05) is 31.6 Å². The molecular formula is C23H26N4O6S. The Hall–Kier alpha value is -3.28. The fraction of sp³-hybridized carbons (Fsp3) is 0.348. The van der Waals surface area contributed by atoms with Gasteiger partial charge in [-0.05, 0) is 44.2 Å². The third kappa shape index (κ3) is 5.11. The fourth-order valence-electron chi connectivity index (χ4n) is 3.67. The summed E-state index contributed by atoms with van der Waals surface area (Å²) in [6.45, 7) is 4.54. The highest BCUT2D eigenvalue weighted by molar-refractivity contribution is 7.89. The first-order valence-corrected chi connectivity index (χ1v) is 12.3. The number of para-hydroxylation sites is 2. The molecule has 0 saturated carbocycles. The molecule has 0 unspecified atom stereocenters. The van der Waals surface area contributed by atoms with E-state index in [9.17, 15) is 18.0 Å². The standard InChI is InChI=1S/C23H26N4O6S/c1-16(2)33-21-8-7-17(34(30,31)26-9-11-32-12-10-26)13-19(21)25-22(28)15-27-20-6-4-3-5-18(20)24-14-23(27)29/h3-8,13-14,16H,9-12,15H2,1-2H3,(H,25,28). The number of anilines is 1. The molecule has 1 N–H and O–H groups in total. The molecule has 2 aromatic carbocycles. The fourth-order valence-corrected chi connectivity index (χ4v) is 5.11. The van der Waals surface area contributed by atoms with Gasteiger partial charge < -0.3 is 14.8 Å². The first-order valence-electron chi connectivity index (χ1n) is 10.9. The highest BCUT2D eigenvalue weighted by Crippen LogP contribution is 2.30. The SMILES string of the molecule is CC(C)Oc1ccc(S(=O)(=O)N2CCOCC2)cc1NC(=O)Cn1c(=O)cnc2ccccc21. The highest BCUT2D eigenvalue weighted by atomic mass is 32.2. The van der Waals surface area contributed by atoms with Gasteiger partial charge in [-0.3, -0.25) is 14.2 Å². The summed E-state index contributed by atoms with van der Waals surface area (Å²) in [6, 6.07) is 11.4. The number of benzene rings is 2. The zero-order chi connectivity index (χ0) is 24.3. The Morgan fingerprint density at radius 2 is 1.91 bits per heavy atom. The van der Waals surface area contributed by atoms with Gasteiger partial charge in [-0.25, -0.2) is 13.4 Å². The molecule has 3 aromatic rings. The maximum absolute atomic E-state index is 13.1. The summed E-state index contributed by atoms with van der Waals surface area (Å²) >= 11 is 0. The number of sulfonamides is 1. The van der Waals surface area contributed by atoms with Crippen LogP contribution in [0.25, 0.3) is 11.0 Å². The number of hydrogen-bond acceptors (Lipinski definition) is 7. The van der Waals surface area contributed by atoms with Crippen LogP contribution in [0.4, 0.5) is 5.69 Å².